The number of hydrogen-bond donors (Lipinski definition) is 0. The van der Waals surface area contributed by atoms with Crippen molar-refractivity contribution >= 4 is 23.1 Å². The Bertz CT molecular complexity index is 473. The number of rotatable bonds is 3. The third-order valence-corrected chi connectivity index (χ3v) is 4.12. The second-order valence-electron chi connectivity index (χ2n) is 5.43. The van der Waals surface area contributed by atoms with Gasteiger partial charge < -0.3 is 9.80 Å². The van der Waals surface area contributed by atoms with Crippen LogP contribution in [0.25, 0.3) is 0 Å². The first kappa shape index (κ1) is 14.4. The van der Waals surface area contributed by atoms with Crippen molar-refractivity contribution in [1.29, 1.82) is 0 Å². The second-order valence-corrected chi connectivity index (χ2v) is 5.84. The molecule has 19 heavy (non-hydrogen) atoms. The highest BCUT2D eigenvalue weighted by molar-refractivity contribution is 6.33. The van der Waals surface area contributed by atoms with Gasteiger partial charge in [-0.05, 0) is 52.1 Å². The van der Waals surface area contributed by atoms with Crippen LogP contribution in [0.5, 0.6) is 0 Å². The number of hydrogen-bond acceptors (Lipinski definition) is 3. The molecule has 1 atom stereocenters. The Kier molecular flexibility index (Phi) is 4.48. The van der Waals surface area contributed by atoms with Gasteiger partial charge in [0, 0.05) is 24.7 Å². The Morgan fingerprint density at radius 3 is 2.74 bits per heavy atom. The maximum Gasteiger partial charge on any atom is 0.159 e. The van der Waals surface area contributed by atoms with Gasteiger partial charge in [-0.15, -0.1) is 0 Å². The van der Waals surface area contributed by atoms with Gasteiger partial charge in [0.15, 0.2) is 5.78 Å². The quantitative estimate of drug-likeness (QED) is 0.795. The number of carbonyl (C=O) groups excluding carboxylic acids is 1. The standard InChI is InChI=1S/C15H21ClN2O/c1-11(19)12-6-7-15(14(16)9-12)18-8-4-5-13(10-18)17(2)3/h6-7,9,13H,4-5,8,10H2,1-3H3. The summed E-state index contributed by atoms with van der Waals surface area (Å²) in [5.41, 5.74) is 1.72. The van der Waals surface area contributed by atoms with E-state index in [-0.39, 0.29) is 5.78 Å². The van der Waals surface area contributed by atoms with E-state index >= 15 is 0 Å². The van der Waals surface area contributed by atoms with Gasteiger partial charge in [0.2, 0.25) is 0 Å². The zero-order chi connectivity index (χ0) is 14.0. The molecule has 0 aliphatic carbocycles. The van der Waals surface area contributed by atoms with Crippen molar-refractivity contribution in [2.24, 2.45) is 0 Å². The molecule has 1 aromatic rings. The fraction of sp³-hybridized carbons (Fsp3) is 0.533. The van der Waals surface area contributed by atoms with E-state index in [4.69, 9.17) is 11.6 Å². The van der Waals surface area contributed by atoms with Crippen LogP contribution in [0.15, 0.2) is 18.2 Å². The maximum absolute atomic E-state index is 11.3. The van der Waals surface area contributed by atoms with E-state index in [1.807, 2.05) is 12.1 Å². The summed E-state index contributed by atoms with van der Waals surface area (Å²) in [5.74, 6) is 0.0539. The largest absolute Gasteiger partial charge is 0.369 e. The van der Waals surface area contributed by atoms with Crippen molar-refractivity contribution in [3.05, 3.63) is 28.8 Å². The summed E-state index contributed by atoms with van der Waals surface area (Å²) in [7, 11) is 4.24. The number of Topliss-reactive ketones (excluding diaryl/α,β-unsaturated/α-hetero) is 1. The summed E-state index contributed by atoms with van der Waals surface area (Å²) < 4.78 is 0. The molecule has 2 rings (SSSR count). The van der Waals surface area contributed by atoms with E-state index in [9.17, 15) is 4.79 Å². The number of piperidine rings is 1. The summed E-state index contributed by atoms with van der Waals surface area (Å²) in [6, 6.07) is 6.18. The number of nitrogens with zero attached hydrogens (tertiary/aromatic N) is 2. The molecule has 0 spiro atoms. The van der Waals surface area contributed by atoms with Crippen LogP contribution >= 0.6 is 11.6 Å². The van der Waals surface area contributed by atoms with Crippen molar-refractivity contribution < 1.29 is 4.79 Å². The zero-order valence-corrected chi connectivity index (χ0v) is 12.6. The average molecular weight is 281 g/mol. The average Bonchev–Trinajstić information content (AvgIpc) is 2.38. The van der Waals surface area contributed by atoms with E-state index in [0.29, 0.717) is 16.6 Å². The van der Waals surface area contributed by atoms with Crippen molar-refractivity contribution in [3.8, 4) is 0 Å². The molecule has 0 amide bonds. The van der Waals surface area contributed by atoms with Crippen LogP contribution in [0.1, 0.15) is 30.1 Å². The molecule has 1 fully saturated rings. The van der Waals surface area contributed by atoms with E-state index in [2.05, 4.69) is 23.9 Å². The Morgan fingerprint density at radius 2 is 2.16 bits per heavy atom. The van der Waals surface area contributed by atoms with Crippen LogP contribution in [0, 0.1) is 0 Å². The van der Waals surface area contributed by atoms with Crippen LogP contribution in [0.2, 0.25) is 5.02 Å². The molecule has 1 unspecified atom stereocenters. The van der Waals surface area contributed by atoms with E-state index in [1.165, 1.54) is 12.8 Å². The Morgan fingerprint density at radius 1 is 1.42 bits per heavy atom. The molecule has 1 saturated heterocycles. The van der Waals surface area contributed by atoms with Crippen LogP contribution in [0.3, 0.4) is 0 Å². The minimum Gasteiger partial charge on any atom is -0.369 e. The number of ketones is 1. The molecule has 1 aliphatic rings. The highest BCUT2D eigenvalue weighted by Crippen LogP contribution is 2.30. The van der Waals surface area contributed by atoms with E-state index in [1.54, 1.807) is 13.0 Å². The summed E-state index contributed by atoms with van der Waals surface area (Å²) >= 11 is 6.33. The lowest BCUT2D eigenvalue weighted by Crippen LogP contribution is -2.45. The van der Waals surface area contributed by atoms with E-state index < -0.39 is 0 Å². The van der Waals surface area contributed by atoms with Crippen molar-refractivity contribution in [3.63, 3.8) is 0 Å². The fourth-order valence-corrected chi connectivity index (χ4v) is 2.88. The number of likely N-dealkylation sites (N-methyl/N-ethyl adjacent to an activating group) is 1. The minimum absolute atomic E-state index is 0.0539. The van der Waals surface area contributed by atoms with Gasteiger partial charge in [0.25, 0.3) is 0 Å². The lowest BCUT2D eigenvalue weighted by molar-refractivity contribution is 0.101. The second kappa shape index (κ2) is 5.93. The van der Waals surface area contributed by atoms with Gasteiger partial charge in [0.1, 0.15) is 0 Å². The third kappa shape index (κ3) is 3.28. The van der Waals surface area contributed by atoms with E-state index in [0.717, 1.165) is 18.8 Å². The molecule has 1 heterocycles. The summed E-state index contributed by atoms with van der Waals surface area (Å²) in [5, 5.41) is 0.673. The van der Waals surface area contributed by atoms with Crippen molar-refractivity contribution in [2.45, 2.75) is 25.8 Å². The first-order valence-corrected chi connectivity index (χ1v) is 7.08. The molecule has 1 aromatic carbocycles. The molecular formula is C15H21ClN2O. The first-order valence-electron chi connectivity index (χ1n) is 6.71. The molecule has 3 nitrogen and oxygen atoms in total. The van der Waals surface area contributed by atoms with Gasteiger partial charge in [-0.1, -0.05) is 11.6 Å². The predicted molar refractivity (Wildman–Crippen MR) is 80.4 cm³/mol. The SMILES string of the molecule is CC(=O)c1ccc(N2CCCC(N(C)C)C2)c(Cl)c1. The lowest BCUT2D eigenvalue weighted by atomic mass is 10.0. The van der Waals surface area contributed by atoms with Crippen LogP contribution in [-0.4, -0.2) is 43.9 Å². The fourth-order valence-electron chi connectivity index (χ4n) is 2.58. The molecule has 0 N–H and O–H groups in total. The predicted octanol–water partition coefficient (Wildman–Crippen LogP) is 3.07. The first-order chi connectivity index (χ1) is 8.99. The number of anilines is 1. The monoisotopic (exact) mass is 280 g/mol. The maximum atomic E-state index is 11.3. The van der Waals surface area contributed by atoms with Crippen molar-refractivity contribution in [2.75, 3.05) is 32.1 Å². The lowest BCUT2D eigenvalue weighted by Gasteiger charge is -2.37. The highest BCUT2D eigenvalue weighted by Gasteiger charge is 2.23. The van der Waals surface area contributed by atoms with Crippen LogP contribution in [-0.2, 0) is 0 Å². The molecule has 104 valence electrons. The third-order valence-electron chi connectivity index (χ3n) is 3.82. The highest BCUT2D eigenvalue weighted by atomic mass is 35.5. The molecule has 0 aromatic heterocycles. The molecular weight excluding hydrogens is 260 g/mol. The van der Waals surface area contributed by atoms with Crippen LogP contribution < -0.4 is 4.90 Å². The topological polar surface area (TPSA) is 23.6 Å². The van der Waals surface area contributed by atoms with Gasteiger partial charge >= 0.3 is 0 Å². The van der Waals surface area contributed by atoms with Gasteiger partial charge in [-0.3, -0.25) is 4.79 Å². The van der Waals surface area contributed by atoms with Gasteiger partial charge in [-0.2, -0.15) is 0 Å². The zero-order valence-electron chi connectivity index (χ0n) is 11.8. The smallest absolute Gasteiger partial charge is 0.159 e. The summed E-state index contributed by atoms with van der Waals surface area (Å²) in [4.78, 5) is 15.9. The minimum atomic E-state index is 0.0539. The van der Waals surface area contributed by atoms with Gasteiger partial charge in [-0.25, -0.2) is 0 Å². The molecule has 1 aliphatic heterocycles. The summed E-state index contributed by atoms with van der Waals surface area (Å²) in [6.07, 6.45) is 2.40. The molecule has 4 heteroatoms. The summed E-state index contributed by atoms with van der Waals surface area (Å²) in [6.45, 7) is 3.59. The van der Waals surface area contributed by atoms with Gasteiger partial charge in [0.05, 0.1) is 10.7 Å². The Hall–Kier alpha value is -1.06. The Balaban J connectivity index is 2.19. The number of benzene rings is 1. The normalized spacial score (nSPS) is 19.8. The van der Waals surface area contributed by atoms with Crippen molar-refractivity contribution in [1.82, 2.24) is 4.90 Å². The Labute approximate surface area is 120 Å². The molecule has 0 radical (unpaired) electrons. The number of carbonyl (C=O) groups is 1. The molecule has 0 saturated carbocycles. The number of halogens is 1. The molecule has 0 bridgehead atoms. The van der Waals surface area contributed by atoms with Crippen LogP contribution in [0.4, 0.5) is 5.69 Å².